The van der Waals surface area contributed by atoms with Crippen molar-refractivity contribution in [1.29, 1.82) is 0 Å². The Bertz CT molecular complexity index is 225. The molecular weight excluding hydrogens is 240 g/mol. The van der Waals surface area contributed by atoms with Crippen molar-refractivity contribution in [2.75, 3.05) is 13.2 Å². The Morgan fingerprint density at radius 1 is 1.00 bits per heavy atom. The third-order valence-corrected chi connectivity index (χ3v) is 10.5. The Kier molecular flexibility index (Phi) is 5.88. The zero-order chi connectivity index (χ0) is 13.9. The third-order valence-electron chi connectivity index (χ3n) is 4.39. The van der Waals surface area contributed by atoms with Gasteiger partial charge in [-0.15, -0.1) is 0 Å². The summed E-state index contributed by atoms with van der Waals surface area (Å²) in [5.74, 6) is 0.626. The van der Waals surface area contributed by atoms with Crippen LogP contribution in [0, 0.1) is 5.92 Å². The predicted molar refractivity (Wildman–Crippen MR) is 80.5 cm³/mol. The zero-order valence-electron chi connectivity index (χ0n) is 13.3. The second-order valence-electron chi connectivity index (χ2n) is 6.92. The van der Waals surface area contributed by atoms with Crippen LogP contribution >= 0.6 is 0 Å². The van der Waals surface area contributed by atoms with Crippen LogP contribution in [0.5, 0.6) is 0 Å². The summed E-state index contributed by atoms with van der Waals surface area (Å²) in [6.07, 6.45) is 1.69. The van der Waals surface area contributed by atoms with E-state index >= 15 is 0 Å². The number of hydrogen-bond donors (Lipinski definition) is 0. The minimum Gasteiger partial charge on any atom is -0.416 e. The first kappa shape index (κ1) is 16.2. The smallest absolute Gasteiger partial charge is 0.200 e. The summed E-state index contributed by atoms with van der Waals surface area (Å²) in [6.45, 7) is 18.3. The minimum atomic E-state index is -1.66. The standard InChI is InChI=1S/C15H32O2Si/c1-11(2)18(12(3)4,13(5)6)17-9-14(7)8-15-10-16-15/h11-15H,8-10H2,1-7H3/t14-,15-/m1/s1. The maximum atomic E-state index is 6.59. The molecule has 3 heteroatoms. The van der Waals surface area contributed by atoms with Crippen molar-refractivity contribution in [3.05, 3.63) is 0 Å². The normalized spacial score (nSPS) is 22.0. The van der Waals surface area contributed by atoms with E-state index in [1.54, 1.807) is 0 Å². The minimum absolute atomic E-state index is 0.525. The second kappa shape index (κ2) is 6.53. The topological polar surface area (TPSA) is 21.8 Å². The van der Waals surface area contributed by atoms with E-state index in [1.807, 2.05) is 0 Å². The van der Waals surface area contributed by atoms with Gasteiger partial charge >= 0.3 is 0 Å². The quantitative estimate of drug-likeness (QED) is 0.475. The van der Waals surface area contributed by atoms with Gasteiger partial charge in [0.1, 0.15) is 0 Å². The summed E-state index contributed by atoms with van der Waals surface area (Å²) in [7, 11) is -1.66. The summed E-state index contributed by atoms with van der Waals surface area (Å²) in [5.41, 5.74) is 2.05. The van der Waals surface area contributed by atoms with Crippen LogP contribution in [0.1, 0.15) is 54.9 Å². The SMILES string of the molecule is CC(C)[Si](OC[C@H](C)C[C@@H]1CO1)(C(C)C)C(C)C. The summed E-state index contributed by atoms with van der Waals surface area (Å²) in [6, 6.07) is 0. The Hall–Kier alpha value is 0.137. The monoisotopic (exact) mass is 272 g/mol. The Morgan fingerprint density at radius 2 is 1.44 bits per heavy atom. The molecule has 0 N–H and O–H groups in total. The van der Waals surface area contributed by atoms with Crippen molar-refractivity contribution in [1.82, 2.24) is 0 Å². The van der Waals surface area contributed by atoms with Crippen molar-refractivity contribution < 1.29 is 9.16 Å². The van der Waals surface area contributed by atoms with E-state index in [9.17, 15) is 0 Å². The van der Waals surface area contributed by atoms with Gasteiger partial charge < -0.3 is 9.16 Å². The van der Waals surface area contributed by atoms with Crippen LogP contribution in [0.4, 0.5) is 0 Å². The average molecular weight is 273 g/mol. The summed E-state index contributed by atoms with van der Waals surface area (Å²) in [5, 5.41) is 0. The summed E-state index contributed by atoms with van der Waals surface area (Å²) < 4.78 is 11.9. The average Bonchev–Trinajstić information content (AvgIpc) is 3.00. The molecule has 0 radical (unpaired) electrons. The molecule has 1 rings (SSSR count). The van der Waals surface area contributed by atoms with Gasteiger partial charge in [0.25, 0.3) is 0 Å². The molecular formula is C15H32O2Si. The van der Waals surface area contributed by atoms with Gasteiger partial charge in [-0.05, 0) is 29.0 Å². The second-order valence-corrected chi connectivity index (χ2v) is 12.4. The van der Waals surface area contributed by atoms with Gasteiger partial charge in [-0.25, -0.2) is 0 Å². The fourth-order valence-electron chi connectivity index (χ4n) is 3.51. The Labute approximate surface area is 115 Å². The van der Waals surface area contributed by atoms with E-state index in [2.05, 4.69) is 48.5 Å². The molecule has 0 saturated carbocycles. The van der Waals surface area contributed by atoms with Crippen LogP contribution in [-0.2, 0) is 9.16 Å². The number of rotatable bonds is 8. The molecule has 0 aromatic heterocycles. The van der Waals surface area contributed by atoms with E-state index in [0.717, 1.165) is 13.2 Å². The molecule has 108 valence electrons. The largest absolute Gasteiger partial charge is 0.416 e. The first-order valence-corrected chi connectivity index (χ1v) is 9.70. The van der Waals surface area contributed by atoms with Crippen LogP contribution in [0.3, 0.4) is 0 Å². The Balaban J connectivity index is 2.59. The lowest BCUT2D eigenvalue weighted by Gasteiger charge is -2.42. The fraction of sp³-hybridized carbons (Fsp3) is 1.00. The van der Waals surface area contributed by atoms with Crippen LogP contribution < -0.4 is 0 Å². The molecule has 0 bridgehead atoms. The number of ether oxygens (including phenoxy) is 1. The van der Waals surface area contributed by atoms with Gasteiger partial charge in [-0.1, -0.05) is 48.5 Å². The van der Waals surface area contributed by atoms with Gasteiger partial charge in [0.2, 0.25) is 0 Å². The molecule has 0 spiro atoms. The maximum absolute atomic E-state index is 6.59. The zero-order valence-corrected chi connectivity index (χ0v) is 14.3. The Morgan fingerprint density at radius 3 is 1.78 bits per heavy atom. The molecule has 1 aliphatic rings. The maximum Gasteiger partial charge on any atom is 0.200 e. The molecule has 1 saturated heterocycles. The van der Waals surface area contributed by atoms with Gasteiger partial charge in [0.05, 0.1) is 12.7 Å². The highest BCUT2D eigenvalue weighted by atomic mass is 28.4. The van der Waals surface area contributed by atoms with Gasteiger partial charge in [0.15, 0.2) is 8.32 Å². The molecule has 1 fully saturated rings. The predicted octanol–water partition coefficient (Wildman–Crippen LogP) is 4.60. The molecule has 2 nitrogen and oxygen atoms in total. The number of epoxide rings is 1. The van der Waals surface area contributed by atoms with Crippen LogP contribution in [0.25, 0.3) is 0 Å². The van der Waals surface area contributed by atoms with Gasteiger partial charge in [-0.3, -0.25) is 0 Å². The first-order valence-electron chi connectivity index (χ1n) is 7.56. The van der Waals surface area contributed by atoms with Gasteiger partial charge in [0, 0.05) is 6.61 Å². The highest BCUT2D eigenvalue weighted by Crippen LogP contribution is 2.42. The summed E-state index contributed by atoms with van der Waals surface area (Å²) >= 11 is 0. The van der Waals surface area contributed by atoms with Crippen molar-refractivity contribution in [3.8, 4) is 0 Å². The van der Waals surface area contributed by atoms with Crippen molar-refractivity contribution in [2.24, 2.45) is 5.92 Å². The lowest BCUT2D eigenvalue weighted by molar-refractivity contribution is 0.213. The van der Waals surface area contributed by atoms with E-state index in [1.165, 1.54) is 6.42 Å². The van der Waals surface area contributed by atoms with Crippen molar-refractivity contribution >= 4 is 8.32 Å². The number of hydrogen-bond acceptors (Lipinski definition) is 2. The van der Waals surface area contributed by atoms with Crippen LogP contribution in [-0.4, -0.2) is 27.6 Å². The third kappa shape index (κ3) is 3.81. The van der Waals surface area contributed by atoms with E-state index in [-0.39, 0.29) is 0 Å². The summed E-state index contributed by atoms with van der Waals surface area (Å²) in [4.78, 5) is 0. The molecule has 2 atom stereocenters. The molecule has 0 aliphatic carbocycles. The molecule has 0 amide bonds. The van der Waals surface area contributed by atoms with Crippen LogP contribution in [0.15, 0.2) is 0 Å². The van der Waals surface area contributed by atoms with Crippen molar-refractivity contribution in [2.45, 2.75) is 77.6 Å². The molecule has 1 heterocycles. The lowest BCUT2D eigenvalue weighted by atomic mass is 10.1. The highest BCUT2D eigenvalue weighted by molar-refractivity contribution is 6.77. The lowest BCUT2D eigenvalue weighted by Crippen LogP contribution is -2.48. The highest BCUT2D eigenvalue weighted by Gasteiger charge is 2.45. The fourth-order valence-corrected chi connectivity index (χ4v) is 9.08. The van der Waals surface area contributed by atoms with E-state index in [4.69, 9.17) is 9.16 Å². The molecule has 0 aromatic carbocycles. The van der Waals surface area contributed by atoms with Crippen LogP contribution in [0.2, 0.25) is 16.6 Å². The van der Waals surface area contributed by atoms with E-state index in [0.29, 0.717) is 28.6 Å². The molecule has 18 heavy (non-hydrogen) atoms. The molecule has 1 aliphatic heterocycles. The van der Waals surface area contributed by atoms with E-state index < -0.39 is 8.32 Å². The molecule has 0 aromatic rings. The van der Waals surface area contributed by atoms with Gasteiger partial charge in [-0.2, -0.15) is 0 Å². The first-order chi connectivity index (χ1) is 8.30. The molecule has 0 unspecified atom stereocenters. The van der Waals surface area contributed by atoms with Crippen molar-refractivity contribution in [3.63, 3.8) is 0 Å².